The van der Waals surface area contributed by atoms with E-state index in [4.69, 9.17) is 14.6 Å². The fraction of sp³-hybridized carbons (Fsp3) is 0.636. The molecule has 166 valence electrons. The van der Waals surface area contributed by atoms with Gasteiger partial charge in [0, 0.05) is 64.5 Å². The molecule has 0 unspecified atom stereocenters. The number of ether oxygens (including phenoxy) is 2. The van der Waals surface area contributed by atoms with Gasteiger partial charge in [-0.3, -0.25) is 4.79 Å². The van der Waals surface area contributed by atoms with E-state index in [-0.39, 0.29) is 18.1 Å². The van der Waals surface area contributed by atoms with Crippen molar-refractivity contribution in [2.24, 2.45) is 5.92 Å². The van der Waals surface area contributed by atoms with Crippen molar-refractivity contribution >= 4 is 17.7 Å². The van der Waals surface area contributed by atoms with Gasteiger partial charge in [0.15, 0.2) is 6.29 Å². The van der Waals surface area contributed by atoms with Gasteiger partial charge in [-0.2, -0.15) is 0 Å². The molecule has 2 aliphatic heterocycles. The first-order valence-electron chi connectivity index (χ1n) is 10.7. The van der Waals surface area contributed by atoms with E-state index in [1.807, 2.05) is 4.90 Å². The first kappa shape index (κ1) is 22.4. The third-order valence-corrected chi connectivity index (χ3v) is 6.17. The van der Waals surface area contributed by atoms with Crippen LogP contribution in [0.1, 0.15) is 31.2 Å². The van der Waals surface area contributed by atoms with Crippen molar-refractivity contribution < 1.29 is 24.2 Å². The lowest BCUT2D eigenvalue weighted by atomic mass is 9.94. The van der Waals surface area contributed by atoms with Gasteiger partial charge < -0.3 is 29.7 Å². The van der Waals surface area contributed by atoms with Crippen LogP contribution in [-0.2, 0) is 20.7 Å². The Morgan fingerprint density at radius 3 is 2.10 bits per heavy atom. The van der Waals surface area contributed by atoms with E-state index in [1.165, 1.54) is 4.90 Å². The van der Waals surface area contributed by atoms with Crippen LogP contribution >= 0.6 is 0 Å². The first-order chi connectivity index (χ1) is 14.5. The van der Waals surface area contributed by atoms with Crippen molar-refractivity contribution in [3.8, 4) is 0 Å². The minimum Gasteiger partial charge on any atom is -0.465 e. The number of carbonyl (C=O) groups excluding carboxylic acids is 1. The summed E-state index contributed by atoms with van der Waals surface area (Å²) in [6, 6.07) is 8.65. The summed E-state index contributed by atoms with van der Waals surface area (Å²) < 4.78 is 10.5. The Hall–Kier alpha value is -2.32. The van der Waals surface area contributed by atoms with Gasteiger partial charge in [-0.1, -0.05) is 12.1 Å². The smallest absolute Gasteiger partial charge is 0.407 e. The zero-order valence-corrected chi connectivity index (χ0v) is 17.9. The number of piperidine rings is 2. The van der Waals surface area contributed by atoms with Crippen LogP contribution in [0.25, 0.3) is 0 Å². The Labute approximate surface area is 178 Å². The molecule has 2 heterocycles. The number of hydrogen-bond acceptors (Lipinski definition) is 5. The highest BCUT2D eigenvalue weighted by Gasteiger charge is 2.32. The molecule has 0 atom stereocenters. The fourth-order valence-corrected chi connectivity index (χ4v) is 4.25. The van der Waals surface area contributed by atoms with Crippen LogP contribution in [0.3, 0.4) is 0 Å². The molecule has 3 rings (SSSR count). The molecule has 1 aromatic rings. The Kier molecular flexibility index (Phi) is 7.93. The molecule has 2 saturated heterocycles. The second kappa shape index (κ2) is 10.6. The number of methoxy groups -OCH3 is 2. The average molecular weight is 420 g/mol. The minimum atomic E-state index is -0.891. The number of anilines is 1. The lowest BCUT2D eigenvalue weighted by molar-refractivity contribution is -0.138. The summed E-state index contributed by atoms with van der Waals surface area (Å²) in [5.41, 5.74) is 2.24. The number of likely N-dealkylation sites (tertiary alicyclic amines) is 2. The van der Waals surface area contributed by atoms with Crippen LogP contribution in [0.15, 0.2) is 24.3 Å². The molecular weight excluding hydrogens is 386 g/mol. The van der Waals surface area contributed by atoms with Gasteiger partial charge in [0.1, 0.15) is 0 Å². The lowest BCUT2D eigenvalue weighted by Crippen LogP contribution is -2.47. The highest BCUT2D eigenvalue weighted by Crippen LogP contribution is 2.23. The van der Waals surface area contributed by atoms with E-state index in [0.717, 1.165) is 37.2 Å². The number of amides is 2. The largest absolute Gasteiger partial charge is 0.465 e. The molecule has 0 bridgehead atoms. The van der Waals surface area contributed by atoms with Crippen molar-refractivity contribution in [2.45, 2.75) is 44.4 Å². The van der Waals surface area contributed by atoms with Crippen LogP contribution in [0.2, 0.25) is 0 Å². The second-order valence-electron chi connectivity index (χ2n) is 8.09. The van der Waals surface area contributed by atoms with E-state index in [2.05, 4.69) is 29.6 Å². The summed E-state index contributed by atoms with van der Waals surface area (Å²) in [5.74, 6) is 0.148. The van der Waals surface area contributed by atoms with E-state index in [1.54, 1.807) is 14.2 Å². The SMILES string of the molecule is COC(Cc1ccc(NC2CCN(C(=O)C3CCN(C(=O)O)CC3)CC2)cc1)OC. The summed E-state index contributed by atoms with van der Waals surface area (Å²) in [4.78, 5) is 27.2. The third kappa shape index (κ3) is 5.86. The van der Waals surface area contributed by atoms with Crippen molar-refractivity contribution in [3.05, 3.63) is 29.8 Å². The minimum absolute atomic E-state index is 0.0410. The topological polar surface area (TPSA) is 91.3 Å². The van der Waals surface area contributed by atoms with E-state index in [9.17, 15) is 9.59 Å². The Morgan fingerprint density at radius 2 is 1.57 bits per heavy atom. The lowest BCUT2D eigenvalue weighted by Gasteiger charge is -2.37. The molecule has 0 aliphatic carbocycles. The van der Waals surface area contributed by atoms with Crippen LogP contribution < -0.4 is 5.32 Å². The molecule has 0 saturated carbocycles. The number of nitrogens with zero attached hydrogens (tertiary/aromatic N) is 2. The van der Waals surface area contributed by atoms with Gasteiger partial charge >= 0.3 is 6.09 Å². The molecule has 2 amide bonds. The summed E-state index contributed by atoms with van der Waals surface area (Å²) in [6.07, 6.45) is 2.67. The molecule has 0 spiro atoms. The Balaban J connectivity index is 1.42. The van der Waals surface area contributed by atoms with Crippen molar-refractivity contribution in [3.63, 3.8) is 0 Å². The number of carbonyl (C=O) groups is 2. The summed E-state index contributed by atoms with van der Waals surface area (Å²) >= 11 is 0. The number of carboxylic acid groups (broad SMARTS) is 1. The highest BCUT2D eigenvalue weighted by atomic mass is 16.7. The molecule has 0 aromatic heterocycles. The second-order valence-corrected chi connectivity index (χ2v) is 8.09. The molecule has 30 heavy (non-hydrogen) atoms. The van der Waals surface area contributed by atoms with Crippen molar-refractivity contribution in [1.29, 1.82) is 0 Å². The molecule has 8 heteroatoms. The van der Waals surface area contributed by atoms with Gasteiger partial charge in [-0.15, -0.1) is 0 Å². The van der Waals surface area contributed by atoms with Crippen molar-refractivity contribution in [1.82, 2.24) is 9.80 Å². The molecule has 2 fully saturated rings. The van der Waals surface area contributed by atoms with Gasteiger partial charge in [-0.25, -0.2) is 4.79 Å². The standard InChI is InChI=1S/C22H33N3O5/c1-29-20(30-2)15-16-3-5-18(6-4-16)23-19-9-13-24(14-10-19)21(26)17-7-11-25(12-8-17)22(27)28/h3-6,17,19-20,23H,7-15H2,1-2H3,(H,27,28). The average Bonchev–Trinajstić information content (AvgIpc) is 2.78. The summed E-state index contributed by atoms with van der Waals surface area (Å²) in [7, 11) is 3.28. The van der Waals surface area contributed by atoms with Crippen molar-refractivity contribution in [2.75, 3.05) is 45.7 Å². The Bertz CT molecular complexity index is 691. The van der Waals surface area contributed by atoms with Gasteiger partial charge in [-0.05, 0) is 43.4 Å². The maximum absolute atomic E-state index is 12.8. The summed E-state index contributed by atoms with van der Waals surface area (Å²) in [6.45, 7) is 2.40. The van der Waals surface area contributed by atoms with E-state index in [0.29, 0.717) is 38.4 Å². The van der Waals surface area contributed by atoms with Gasteiger partial charge in [0.2, 0.25) is 5.91 Å². The molecule has 0 radical (unpaired) electrons. The number of hydrogen-bond donors (Lipinski definition) is 2. The molecule has 2 aliphatic rings. The quantitative estimate of drug-likeness (QED) is 0.661. The van der Waals surface area contributed by atoms with E-state index >= 15 is 0 Å². The predicted molar refractivity (Wildman–Crippen MR) is 113 cm³/mol. The normalized spacial score (nSPS) is 18.6. The van der Waals surface area contributed by atoms with E-state index < -0.39 is 6.09 Å². The summed E-state index contributed by atoms with van der Waals surface area (Å²) in [5, 5.41) is 12.6. The number of rotatable bonds is 7. The molecular formula is C22H33N3O5. The maximum atomic E-state index is 12.8. The van der Waals surface area contributed by atoms with Crippen LogP contribution in [0.5, 0.6) is 0 Å². The Morgan fingerprint density at radius 1 is 1.00 bits per heavy atom. The number of benzene rings is 1. The monoisotopic (exact) mass is 419 g/mol. The number of nitrogens with one attached hydrogen (secondary N) is 1. The fourth-order valence-electron chi connectivity index (χ4n) is 4.25. The maximum Gasteiger partial charge on any atom is 0.407 e. The zero-order valence-electron chi connectivity index (χ0n) is 17.9. The molecule has 8 nitrogen and oxygen atoms in total. The zero-order chi connectivity index (χ0) is 21.5. The van der Waals surface area contributed by atoms with Gasteiger partial charge in [0.25, 0.3) is 0 Å². The van der Waals surface area contributed by atoms with Crippen LogP contribution in [0, 0.1) is 5.92 Å². The third-order valence-electron chi connectivity index (χ3n) is 6.17. The predicted octanol–water partition coefficient (Wildman–Crippen LogP) is 2.64. The molecule has 1 aromatic carbocycles. The molecule has 2 N–H and O–H groups in total. The highest BCUT2D eigenvalue weighted by molar-refractivity contribution is 5.79. The van der Waals surface area contributed by atoms with Crippen LogP contribution in [0.4, 0.5) is 10.5 Å². The van der Waals surface area contributed by atoms with Crippen LogP contribution in [-0.4, -0.2) is 79.6 Å². The first-order valence-corrected chi connectivity index (χ1v) is 10.7. The van der Waals surface area contributed by atoms with Gasteiger partial charge in [0.05, 0.1) is 0 Å².